The Morgan fingerprint density at radius 1 is 1.23 bits per heavy atom. The molecule has 1 aromatic rings. The molecular weight excluding hydrogens is 294 g/mol. The number of aliphatic imine (C=N–C) groups is 1. The van der Waals surface area contributed by atoms with Crippen molar-refractivity contribution in [3.63, 3.8) is 0 Å². The summed E-state index contributed by atoms with van der Waals surface area (Å²) in [5.74, 6) is 1.81. The summed E-state index contributed by atoms with van der Waals surface area (Å²) < 4.78 is 0. The van der Waals surface area contributed by atoms with Crippen LogP contribution in [0.5, 0.6) is 0 Å². The van der Waals surface area contributed by atoms with E-state index in [1.165, 1.54) is 25.7 Å². The lowest BCUT2D eigenvalue weighted by Gasteiger charge is -2.27. The van der Waals surface area contributed by atoms with Gasteiger partial charge in [-0.25, -0.2) is 4.99 Å². The van der Waals surface area contributed by atoms with E-state index in [0.29, 0.717) is 33.7 Å². The summed E-state index contributed by atoms with van der Waals surface area (Å²) in [6.45, 7) is 4.75. The van der Waals surface area contributed by atoms with Gasteiger partial charge in [0.25, 0.3) is 5.91 Å². The highest BCUT2D eigenvalue weighted by Crippen LogP contribution is 2.31. The maximum atomic E-state index is 12.1. The number of rotatable bonds is 4. The number of thioether (sulfide) groups is 1. The Labute approximate surface area is 134 Å². The molecule has 0 spiro atoms. The van der Waals surface area contributed by atoms with Gasteiger partial charge in [-0.3, -0.25) is 4.79 Å². The fraction of sp³-hybridized carbons (Fsp3) is 0.471. The third kappa shape index (κ3) is 3.31. The molecule has 116 valence electrons. The molecule has 2 N–H and O–H groups in total. The lowest BCUT2D eigenvalue weighted by Crippen LogP contribution is -2.34. The van der Waals surface area contributed by atoms with Crippen LogP contribution in [-0.4, -0.2) is 29.3 Å². The molecule has 0 unspecified atom stereocenters. The van der Waals surface area contributed by atoms with Crippen molar-refractivity contribution >= 4 is 30.1 Å². The average molecular weight is 315 g/mol. The molecule has 1 fully saturated rings. The Kier molecular flexibility index (Phi) is 4.74. The standard InChI is InChI=1S/C17H21N3OS/c1-11-3-2-4-14-16(11)19-15(20-17(14)21)10-22-13-7-5-12(9-18)6-8-13/h2-4,12-13H,1,5-10,18H2. The quantitative estimate of drug-likeness (QED) is 0.916. The highest BCUT2D eigenvalue weighted by atomic mass is 32.2. The minimum absolute atomic E-state index is 0.196. The topological polar surface area (TPSA) is 67.8 Å². The molecule has 1 amide bonds. The van der Waals surface area contributed by atoms with Crippen LogP contribution in [0.4, 0.5) is 0 Å². The lowest BCUT2D eigenvalue weighted by atomic mass is 9.89. The molecule has 2 aliphatic rings. The van der Waals surface area contributed by atoms with E-state index in [-0.39, 0.29) is 5.91 Å². The Balaban J connectivity index is 1.66. The van der Waals surface area contributed by atoms with E-state index in [9.17, 15) is 4.79 Å². The summed E-state index contributed by atoms with van der Waals surface area (Å²) in [6, 6.07) is 5.46. The number of hydrogen-bond donors (Lipinski definition) is 1. The van der Waals surface area contributed by atoms with Crippen LogP contribution in [0.2, 0.25) is 0 Å². The second kappa shape index (κ2) is 6.75. The van der Waals surface area contributed by atoms with Crippen molar-refractivity contribution in [2.45, 2.75) is 30.9 Å². The number of para-hydroxylation sites is 1. The van der Waals surface area contributed by atoms with Gasteiger partial charge >= 0.3 is 0 Å². The molecule has 0 aromatic heterocycles. The molecule has 5 heteroatoms. The number of nitrogens with zero attached hydrogens (tertiary/aromatic N) is 2. The van der Waals surface area contributed by atoms with Gasteiger partial charge in [-0.1, -0.05) is 18.7 Å². The summed E-state index contributed by atoms with van der Waals surface area (Å²) in [5, 5.41) is 2.10. The molecule has 4 nitrogen and oxygen atoms in total. The molecule has 3 rings (SSSR count). The SMILES string of the molecule is C=c1cccc2c1=NC(CSC1CCC(CN)CC1)=NC2=O. The van der Waals surface area contributed by atoms with Crippen molar-refractivity contribution in [2.75, 3.05) is 12.3 Å². The van der Waals surface area contributed by atoms with Crippen LogP contribution in [0.25, 0.3) is 6.58 Å². The normalized spacial score (nSPS) is 24.4. The summed E-state index contributed by atoms with van der Waals surface area (Å²) >= 11 is 1.86. The van der Waals surface area contributed by atoms with Gasteiger partial charge < -0.3 is 5.73 Å². The fourth-order valence-corrected chi connectivity index (χ4v) is 4.14. The fourth-order valence-electron chi connectivity index (χ4n) is 3.02. The van der Waals surface area contributed by atoms with Crippen LogP contribution in [0.1, 0.15) is 36.0 Å². The highest BCUT2D eigenvalue weighted by molar-refractivity contribution is 8.00. The third-order valence-corrected chi connectivity index (χ3v) is 5.76. The smallest absolute Gasteiger partial charge is 0.280 e. The van der Waals surface area contributed by atoms with Gasteiger partial charge in [-0.05, 0) is 49.4 Å². The first-order valence-corrected chi connectivity index (χ1v) is 8.82. The van der Waals surface area contributed by atoms with Gasteiger partial charge in [0.2, 0.25) is 0 Å². The molecule has 0 saturated heterocycles. The number of amides is 1. The molecule has 1 aliphatic carbocycles. The van der Waals surface area contributed by atoms with Crippen molar-refractivity contribution in [3.05, 3.63) is 34.3 Å². The lowest BCUT2D eigenvalue weighted by molar-refractivity contribution is 0.1000. The Morgan fingerprint density at radius 3 is 2.73 bits per heavy atom. The maximum absolute atomic E-state index is 12.1. The van der Waals surface area contributed by atoms with Gasteiger partial charge in [-0.15, -0.1) is 0 Å². The molecular formula is C17H21N3OS. The number of amidine groups is 1. The molecule has 1 aromatic carbocycles. The Bertz CT molecular complexity index is 705. The van der Waals surface area contributed by atoms with E-state index in [1.54, 1.807) is 6.07 Å². The molecule has 22 heavy (non-hydrogen) atoms. The number of fused-ring (bicyclic) bond motifs is 1. The first kappa shape index (κ1) is 15.4. The van der Waals surface area contributed by atoms with E-state index < -0.39 is 0 Å². The Hall–Kier alpha value is -1.46. The van der Waals surface area contributed by atoms with E-state index in [0.717, 1.165) is 11.8 Å². The minimum Gasteiger partial charge on any atom is -0.330 e. The van der Waals surface area contributed by atoms with Gasteiger partial charge in [0.15, 0.2) is 0 Å². The summed E-state index contributed by atoms with van der Waals surface area (Å²) in [6.07, 6.45) is 4.82. The van der Waals surface area contributed by atoms with Crippen molar-refractivity contribution in [3.8, 4) is 0 Å². The van der Waals surface area contributed by atoms with Crippen molar-refractivity contribution in [1.82, 2.24) is 0 Å². The van der Waals surface area contributed by atoms with Crippen molar-refractivity contribution in [1.29, 1.82) is 0 Å². The zero-order valence-electron chi connectivity index (χ0n) is 12.6. The van der Waals surface area contributed by atoms with E-state index in [1.807, 2.05) is 23.9 Å². The largest absolute Gasteiger partial charge is 0.330 e. The van der Waals surface area contributed by atoms with E-state index >= 15 is 0 Å². The number of carbonyl (C=O) groups excluding carboxylic acids is 1. The third-order valence-electron chi connectivity index (χ3n) is 4.40. The van der Waals surface area contributed by atoms with E-state index in [2.05, 4.69) is 16.6 Å². The van der Waals surface area contributed by atoms with Crippen molar-refractivity contribution in [2.24, 2.45) is 21.6 Å². The van der Waals surface area contributed by atoms with Crippen LogP contribution in [0.3, 0.4) is 0 Å². The van der Waals surface area contributed by atoms with Crippen LogP contribution in [0, 0.1) is 5.92 Å². The maximum Gasteiger partial charge on any atom is 0.280 e. The zero-order valence-corrected chi connectivity index (χ0v) is 13.4. The monoisotopic (exact) mass is 315 g/mol. The number of carbonyl (C=O) groups is 1. The summed E-state index contributed by atoms with van der Waals surface area (Å²) in [5.41, 5.74) is 6.29. The van der Waals surface area contributed by atoms with Crippen LogP contribution in [-0.2, 0) is 0 Å². The molecule has 1 heterocycles. The van der Waals surface area contributed by atoms with Gasteiger partial charge in [0.1, 0.15) is 5.84 Å². The van der Waals surface area contributed by atoms with Gasteiger partial charge in [0, 0.05) is 5.25 Å². The summed E-state index contributed by atoms with van der Waals surface area (Å²) in [7, 11) is 0. The van der Waals surface area contributed by atoms with Gasteiger partial charge in [-0.2, -0.15) is 16.8 Å². The molecule has 0 bridgehead atoms. The number of benzene rings is 1. The van der Waals surface area contributed by atoms with Gasteiger partial charge in [0.05, 0.1) is 16.7 Å². The minimum atomic E-state index is -0.196. The molecule has 1 saturated carbocycles. The molecule has 1 aliphatic heterocycles. The average Bonchev–Trinajstić information content (AvgIpc) is 2.54. The van der Waals surface area contributed by atoms with Crippen LogP contribution < -0.4 is 16.3 Å². The van der Waals surface area contributed by atoms with Crippen LogP contribution >= 0.6 is 11.8 Å². The van der Waals surface area contributed by atoms with Crippen molar-refractivity contribution < 1.29 is 4.79 Å². The second-order valence-electron chi connectivity index (χ2n) is 5.95. The van der Waals surface area contributed by atoms with E-state index in [4.69, 9.17) is 5.73 Å². The first-order chi connectivity index (χ1) is 10.7. The number of nitrogens with two attached hydrogens (primary N) is 1. The predicted octanol–water partition coefficient (Wildman–Crippen LogP) is 1.52. The van der Waals surface area contributed by atoms with Crippen LogP contribution in [0.15, 0.2) is 28.2 Å². The Morgan fingerprint density at radius 2 is 2.00 bits per heavy atom. The highest BCUT2D eigenvalue weighted by Gasteiger charge is 2.22. The first-order valence-electron chi connectivity index (χ1n) is 7.77. The predicted molar refractivity (Wildman–Crippen MR) is 91.8 cm³/mol. The summed E-state index contributed by atoms with van der Waals surface area (Å²) in [4.78, 5) is 20.7. The molecule has 0 atom stereocenters. The number of hydrogen-bond acceptors (Lipinski definition) is 4. The second-order valence-corrected chi connectivity index (χ2v) is 7.24. The zero-order chi connectivity index (χ0) is 15.5. The molecule has 0 radical (unpaired) electrons.